The van der Waals surface area contributed by atoms with Gasteiger partial charge in [-0.2, -0.15) is 0 Å². The van der Waals surface area contributed by atoms with E-state index in [2.05, 4.69) is 32.9 Å². The maximum atomic E-state index is 9.55. The normalized spacial score (nSPS) is 10.7. The van der Waals surface area contributed by atoms with Gasteiger partial charge in [-0.3, -0.25) is 4.98 Å². The number of phenolic OH excluding ortho intramolecular Hbond substituents is 1. The van der Waals surface area contributed by atoms with Gasteiger partial charge in [0, 0.05) is 28.0 Å². The van der Waals surface area contributed by atoms with Crippen molar-refractivity contribution in [1.29, 1.82) is 0 Å². The zero-order valence-electron chi connectivity index (χ0n) is 10.3. The average Bonchev–Trinajstić information content (AvgIpc) is 2.43. The van der Waals surface area contributed by atoms with E-state index in [1.54, 1.807) is 12.3 Å². The number of pyridine rings is 1. The molecule has 0 saturated heterocycles. The second-order valence-electron chi connectivity index (χ2n) is 4.31. The molecule has 0 aliphatic carbocycles. The molecule has 3 nitrogen and oxygen atoms in total. The van der Waals surface area contributed by atoms with Crippen molar-refractivity contribution in [2.75, 3.05) is 5.32 Å². The summed E-state index contributed by atoms with van der Waals surface area (Å²) in [5.41, 5.74) is 2.71. The third-order valence-electron chi connectivity index (χ3n) is 2.93. The number of aromatic nitrogens is 1. The summed E-state index contributed by atoms with van der Waals surface area (Å²) in [7, 11) is 0. The molecule has 20 heavy (non-hydrogen) atoms. The van der Waals surface area contributed by atoms with E-state index in [9.17, 15) is 5.11 Å². The van der Waals surface area contributed by atoms with E-state index in [1.807, 2.05) is 36.4 Å². The first-order valence-corrected chi connectivity index (χ1v) is 7.39. The van der Waals surface area contributed by atoms with E-state index in [0.717, 1.165) is 25.8 Å². The molecule has 0 spiro atoms. The minimum absolute atomic E-state index is 0.280. The molecule has 3 aromatic rings. The highest BCUT2D eigenvalue weighted by molar-refractivity contribution is 14.1. The first kappa shape index (κ1) is 13.5. The van der Waals surface area contributed by atoms with Crippen molar-refractivity contribution >= 4 is 56.5 Å². The van der Waals surface area contributed by atoms with Crippen molar-refractivity contribution in [3.05, 3.63) is 57.3 Å². The largest absolute Gasteiger partial charge is 0.507 e. The molecule has 3 rings (SSSR count). The summed E-state index contributed by atoms with van der Waals surface area (Å²) in [5, 5.41) is 14.6. The maximum absolute atomic E-state index is 9.55. The highest BCUT2D eigenvalue weighted by atomic mass is 127. The van der Waals surface area contributed by atoms with Gasteiger partial charge < -0.3 is 10.4 Å². The number of halogens is 2. The van der Waals surface area contributed by atoms with Gasteiger partial charge in [-0.25, -0.2) is 0 Å². The Morgan fingerprint density at radius 2 is 1.95 bits per heavy atom. The van der Waals surface area contributed by atoms with Crippen LogP contribution in [0.15, 0.2) is 48.7 Å². The Bertz CT molecular complexity index is 792. The lowest BCUT2D eigenvalue weighted by atomic mass is 10.2. The highest BCUT2D eigenvalue weighted by Gasteiger charge is 2.04. The van der Waals surface area contributed by atoms with Crippen LogP contribution in [-0.2, 0) is 0 Å². The fourth-order valence-electron chi connectivity index (χ4n) is 1.97. The van der Waals surface area contributed by atoms with Crippen LogP contribution in [0.5, 0.6) is 5.75 Å². The number of hydrogen-bond donors (Lipinski definition) is 2. The summed E-state index contributed by atoms with van der Waals surface area (Å²) in [4.78, 5) is 4.31. The molecule has 0 amide bonds. The van der Waals surface area contributed by atoms with Crippen molar-refractivity contribution in [2.45, 2.75) is 0 Å². The fourth-order valence-corrected chi connectivity index (χ4v) is 2.65. The number of rotatable bonds is 2. The molecule has 0 fully saturated rings. The van der Waals surface area contributed by atoms with Crippen LogP contribution in [0, 0.1) is 3.57 Å². The van der Waals surface area contributed by atoms with E-state index < -0.39 is 0 Å². The molecule has 0 unspecified atom stereocenters. The van der Waals surface area contributed by atoms with Gasteiger partial charge in [0.2, 0.25) is 0 Å². The second-order valence-corrected chi connectivity index (χ2v) is 5.91. The second kappa shape index (κ2) is 5.46. The molecular weight excluding hydrogens is 387 g/mol. The Labute approximate surface area is 134 Å². The maximum Gasteiger partial charge on any atom is 0.129 e. The predicted octanol–water partition coefficient (Wildman–Crippen LogP) is 4.94. The van der Waals surface area contributed by atoms with E-state index in [-0.39, 0.29) is 5.75 Å². The summed E-state index contributed by atoms with van der Waals surface area (Å²) in [6, 6.07) is 12.9. The number of anilines is 2. The van der Waals surface area contributed by atoms with E-state index in [4.69, 9.17) is 11.6 Å². The summed E-state index contributed by atoms with van der Waals surface area (Å²) >= 11 is 8.08. The predicted molar refractivity (Wildman–Crippen MR) is 90.9 cm³/mol. The van der Waals surface area contributed by atoms with E-state index in [1.165, 1.54) is 0 Å². The SMILES string of the molecule is Oc1ccc(Nc2ccnc3cc(Cl)ccc23)cc1I. The Hall–Kier alpha value is -1.53. The minimum atomic E-state index is 0.280. The molecule has 100 valence electrons. The molecule has 0 aliphatic heterocycles. The minimum Gasteiger partial charge on any atom is -0.507 e. The molecule has 0 radical (unpaired) electrons. The molecule has 5 heteroatoms. The summed E-state index contributed by atoms with van der Waals surface area (Å²) < 4.78 is 0.800. The van der Waals surface area contributed by atoms with Gasteiger partial charge in [-0.05, 0) is 65.1 Å². The summed E-state index contributed by atoms with van der Waals surface area (Å²) in [5.74, 6) is 0.280. The molecule has 0 saturated carbocycles. The van der Waals surface area contributed by atoms with Crippen LogP contribution in [0.4, 0.5) is 11.4 Å². The van der Waals surface area contributed by atoms with Crippen LogP contribution in [-0.4, -0.2) is 10.1 Å². The highest BCUT2D eigenvalue weighted by Crippen LogP contribution is 2.29. The summed E-state index contributed by atoms with van der Waals surface area (Å²) in [6.07, 6.45) is 1.74. The monoisotopic (exact) mass is 396 g/mol. The number of nitrogens with one attached hydrogen (secondary N) is 1. The average molecular weight is 397 g/mol. The van der Waals surface area contributed by atoms with Crippen LogP contribution >= 0.6 is 34.2 Å². The van der Waals surface area contributed by atoms with Crippen LogP contribution in [0.1, 0.15) is 0 Å². The van der Waals surface area contributed by atoms with Gasteiger partial charge in [0.15, 0.2) is 0 Å². The number of nitrogens with zero attached hydrogens (tertiary/aromatic N) is 1. The Morgan fingerprint density at radius 1 is 1.10 bits per heavy atom. The van der Waals surface area contributed by atoms with Crippen molar-refractivity contribution in [3.8, 4) is 5.75 Å². The smallest absolute Gasteiger partial charge is 0.129 e. The van der Waals surface area contributed by atoms with Crippen LogP contribution < -0.4 is 5.32 Å². The number of aromatic hydroxyl groups is 1. The zero-order chi connectivity index (χ0) is 14.1. The molecule has 0 atom stereocenters. The standard InChI is InChI=1S/C15H10ClIN2O/c16-9-1-3-11-13(5-6-18-14(11)7-9)19-10-2-4-15(20)12(17)8-10/h1-8,20H,(H,18,19). The molecule has 1 heterocycles. The van der Waals surface area contributed by atoms with Gasteiger partial charge in [0.1, 0.15) is 5.75 Å². The van der Waals surface area contributed by atoms with Crippen molar-refractivity contribution in [1.82, 2.24) is 4.98 Å². The molecular formula is C15H10ClIN2O. The fraction of sp³-hybridized carbons (Fsp3) is 0. The lowest BCUT2D eigenvalue weighted by Crippen LogP contribution is -1.93. The summed E-state index contributed by atoms with van der Waals surface area (Å²) in [6.45, 7) is 0. The van der Waals surface area contributed by atoms with Gasteiger partial charge in [0.05, 0.1) is 9.09 Å². The Kier molecular flexibility index (Phi) is 3.67. The van der Waals surface area contributed by atoms with Crippen molar-refractivity contribution < 1.29 is 5.11 Å². The lowest BCUT2D eigenvalue weighted by molar-refractivity contribution is 0.471. The number of phenols is 1. The molecule has 0 bridgehead atoms. The van der Waals surface area contributed by atoms with Gasteiger partial charge in [0.25, 0.3) is 0 Å². The third-order valence-corrected chi connectivity index (χ3v) is 4.03. The topological polar surface area (TPSA) is 45.1 Å². The van der Waals surface area contributed by atoms with E-state index in [0.29, 0.717) is 5.02 Å². The van der Waals surface area contributed by atoms with Crippen LogP contribution in [0.2, 0.25) is 5.02 Å². The molecule has 1 aromatic heterocycles. The number of fused-ring (bicyclic) bond motifs is 1. The molecule has 0 aliphatic rings. The van der Waals surface area contributed by atoms with Crippen LogP contribution in [0.25, 0.3) is 10.9 Å². The first-order chi connectivity index (χ1) is 9.63. The zero-order valence-corrected chi connectivity index (χ0v) is 13.2. The Balaban J connectivity index is 2.04. The third kappa shape index (κ3) is 2.66. The lowest BCUT2D eigenvalue weighted by Gasteiger charge is -2.10. The number of benzene rings is 2. The molecule has 2 aromatic carbocycles. The van der Waals surface area contributed by atoms with Gasteiger partial charge in [-0.15, -0.1) is 0 Å². The number of hydrogen-bond acceptors (Lipinski definition) is 3. The quantitative estimate of drug-likeness (QED) is 0.476. The van der Waals surface area contributed by atoms with Gasteiger partial charge in [-0.1, -0.05) is 11.6 Å². The first-order valence-electron chi connectivity index (χ1n) is 5.93. The van der Waals surface area contributed by atoms with Crippen molar-refractivity contribution in [3.63, 3.8) is 0 Å². The van der Waals surface area contributed by atoms with E-state index >= 15 is 0 Å². The van der Waals surface area contributed by atoms with Crippen molar-refractivity contribution in [2.24, 2.45) is 0 Å². The Morgan fingerprint density at radius 3 is 2.75 bits per heavy atom. The molecule has 2 N–H and O–H groups in total. The van der Waals surface area contributed by atoms with Crippen LogP contribution in [0.3, 0.4) is 0 Å². The van der Waals surface area contributed by atoms with Gasteiger partial charge >= 0.3 is 0 Å².